The van der Waals surface area contributed by atoms with Crippen LogP contribution in [0.1, 0.15) is 20.3 Å². The average molecular weight is 244 g/mol. The van der Waals surface area contributed by atoms with Gasteiger partial charge in [-0.25, -0.2) is 4.79 Å². The van der Waals surface area contributed by atoms with Gasteiger partial charge in [-0.15, -0.1) is 0 Å². The second-order valence-corrected chi connectivity index (χ2v) is 3.13. The van der Waals surface area contributed by atoms with Gasteiger partial charge in [-0.2, -0.15) is 0 Å². The zero-order valence-corrected chi connectivity index (χ0v) is 10.5. The van der Waals surface area contributed by atoms with Crippen LogP contribution in [-0.2, 0) is 11.3 Å². The van der Waals surface area contributed by atoms with Gasteiger partial charge in [0.1, 0.15) is 0 Å². The molecule has 1 aromatic rings. The summed E-state index contributed by atoms with van der Waals surface area (Å²) in [6.07, 6.45) is 1.65. The van der Waals surface area contributed by atoms with E-state index in [1.54, 1.807) is 0 Å². The van der Waals surface area contributed by atoms with E-state index in [2.05, 4.69) is 4.98 Å². The van der Waals surface area contributed by atoms with Crippen LogP contribution < -0.4 is 11.2 Å². The van der Waals surface area contributed by atoms with Crippen molar-refractivity contribution in [3.63, 3.8) is 0 Å². The van der Waals surface area contributed by atoms with Crippen molar-refractivity contribution < 1.29 is 9.84 Å². The summed E-state index contributed by atoms with van der Waals surface area (Å²) in [5, 5.41) is 8.85. The summed E-state index contributed by atoms with van der Waals surface area (Å²) in [7, 11) is 1.50. The van der Waals surface area contributed by atoms with Crippen molar-refractivity contribution in [2.45, 2.75) is 32.9 Å². The zero-order valence-electron chi connectivity index (χ0n) is 10.5. The number of hydrogen-bond acceptors (Lipinski definition) is 4. The highest BCUT2D eigenvalue weighted by atomic mass is 16.5. The first-order valence-corrected chi connectivity index (χ1v) is 5.60. The summed E-state index contributed by atoms with van der Waals surface area (Å²) in [6, 6.07) is 1.28. The summed E-state index contributed by atoms with van der Waals surface area (Å²) >= 11 is 0. The van der Waals surface area contributed by atoms with E-state index in [1.165, 1.54) is 23.9 Å². The Labute approximate surface area is 99.9 Å². The Hall–Kier alpha value is -1.40. The molecule has 0 aliphatic rings. The minimum absolute atomic E-state index is 0.0887. The first kappa shape index (κ1) is 15.6. The highest BCUT2D eigenvalue weighted by Gasteiger charge is 2.05. The van der Waals surface area contributed by atoms with E-state index in [0.717, 1.165) is 0 Å². The minimum Gasteiger partial charge on any atom is -0.394 e. The maximum atomic E-state index is 11.2. The number of aromatic nitrogens is 2. The van der Waals surface area contributed by atoms with Gasteiger partial charge >= 0.3 is 5.69 Å². The van der Waals surface area contributed by atoms with Crippen molar-refractivity contribution in [2.24, 2.45) is 0 Å². The summed E-state index contributed by atoms with van der Waals surface area (Å²) in [6.45, 7) is 4.31. The van der Waals surface area contributed by atoms with Crippen molar-refractivity contribution in [3.8, 4) is 0 Å². The Morgan fingerprint density at radius 3 is 2.59 bits per heavy atom. The lowest BCUT2D eigenvalue weighted by Gasteiger charge is -2.12. The topological polar surface area (TPSA) is 84.3 Å². The summed E-state index contributed by atoms with van der Waals surface area (Å²) in [5.74, 6) is 0. The first-order chi connectivity index (χ1) is 8.17. The molecule has 17 heavy (non-hydrogen) atoms. The molecule has 0 spiro atoms. The maximum absolute atomic E-state index is 11.2. The predicted octanol–water partition coefficient (Wildman–Crippen LogP) is -0.0398. The third kappa shape index (κ3) is 5.46. The number of nitrogens with one attached hydrogen (secondary N) is 1. The summed E-state index contributed by atoms with van der Waals surface area (Å²) in [4.78, 5) is 24.1. The molecule has 0 aliphatic heterocycles. The van der Waals surface area contributed by atoms with Crippen LogP contribution in [0.5, 0.6) is 0 Å². The average Bonchev–Trinajstić information content (AvgIpc) is 2.35. The summed E-state index contributed by atoms with van der Waals surface area (Å²) in [5.41, 5.74) is -0.864. The Kier molecular flexibility index (Phi) is 8.00. The molecule has 1 heterocycles. The third-order valence-corrected chi connectivity index (χ3v) is 2.13. The first-order valence-electron chi connectivity index (χ1n) is 5.60. The number of aliphatic hydroxyl groups excluding tert-OH is 1. The fourth-order valence-electron chi connectivity index (χ4n) is 1.19. The molecule has 1 aromatic heterocycles. The lowest BCUT2D eigenvalue weighted by atomic mass is 10.2. The molecule has 0 bridgehead atoms. The van der Waals surface area contributed by atoms with Crippen LogP contribution in [0.3, 0.4) is 0 Å². The Balaban J connectivity index is 0.00000121. The summed E-state index contributed by atoms with van der Waals surface area (Å²) < 4.78 is 6.31. The number of ether oxygens (including phenoxy) is 1. The molecule has 0 aromatic carbocycles. The molecule has 6 heteroatoms. The lowest BCUT2D eigenvalue weighted by Crippen LogP contribution is -2.30. The number of aryl methyl sites for hydroxylation is 1. The molecule has 0 saturated heterocycles. The van der Waals surface area contributed by atoms with E-state index in [-0.39, 0.29) is 12.7 Å². The van der Waals surface area contributed by atoms with E-state index >= 15 is 0 Å². The maximum Gasteiger partial charge on any atom is 0.328 e. The van der Waals surface area contributed by atoms with Crippen LogP contribution in [-0.4, -0.2) is 34.5 Å². The van der Waals surface area contributed by atoms with Crippen LogP contribution in [0.25, 0.3) is 0 Å². The molecule has 1 unspecified atom stereocenters. The predicted molar refractivity (Wildman–Crippen MR) is 65.2 cm³/mol. The molecule has 0 fully saturated rings. The van der Waals surface area contributed by atoms with E-state index in [1.807, 2.05) is 13.8 Å². The molecule has 0 radical (unpaired) electrons. The second kappa shape index (κ2) is 8.72. The molecule has 1 atom stereocenters. The molecular formula is C11H20N2O4. The van der Waals surface area contributed by atoms with Crippen molar-refractivity contribution in [1.82, 2.24) is 9.55 Å². The smallest absolute Gasteiger partial charge is 0.328 e. The highest BCUT2D eigenvalue weighted by molar-refractivity contribution is 4.82. The standard InChI is InChI=1S/C9H14N2O4.C2H6/c1-15-7(6-12)2-4-11-5-3-8(13)10-9(11)14;1-2/h3,5,7,12H,2,4,6H2,1H3,(H,10,13,14);1-2H3. The van der Waals surface area contributed by atoms with E-state index < -0.39 is 11.2 Å². The molecule has 98 valence electrons. The Bertz CT molecular complexity index is 406. The number of H-pyrrole nitrogens is 1. The fourth-order valence-corrected chi connectivity index (χ4v) is 1.19. The lowest BCUT2D eigenvalue weighted by molar-refractivity contribution is 0.0401. The minimum atomic E-state index is -0.449. The number of aliphatic hydroxyl groups is 1. The largest absolute Gasteiger partial charge is 0.394 e. The van der Waals surface area contributed by atoms with Gasteiger partial charge < -0.3 is 14.4 Å². The van der Waals surface area contributed by atoms with Gasteiger partial charge in [0.2, 0.25) is 0 Å². The van der Waals surface area contributed by atoms with E-state index in [4.69, 9.17) is 9.84 Å². The number of aromatic amines is 1. The second-order valence-electron chi connectivity index (χ2n) is 3.13. The van der Waals surface area contributed by atoms with Crippen molar-refractivity contribution in [2.75, 3.05) is 13.7 Å². The molecule has 0 aliphatic carbocycles. The molecule has 1 rings (SSSR count). The van der Waals surface area contributed by atoms with Crippen LogP contribution in [0.2, 0.25) is 0 Å². The fraction of sp³-hybridized carbons (Fsp3) is 0.636. The monoisotopic (exact) mass is 244 g/mol. The number of hydrogen-bond donors (Lipinski definition) is 2. The SMILES string of the molecule is CC.COC(CO)CCn1ccc(=O)[nH]c1=O. The van der Waals surface area contributed by atoms with Crippen LogP contribution in [0.4, 0.5) is 0 Å². The van der Waals surface area contributed by atoms with Gasteiger partial charge in [-0.3, -0.25) is 9.78 Å². The van der Waals surface area contributed by atoms with E-state index in [9.17, 15) is 9.59 Å². The molecule has 0 saturated carbocycles. The van der Waals surface area contributed by atoms with Crippen LogP contribution in [0, 0.1) is 0 Å². The third-order valence-electron chi connectivity index (χ3n) is 2.13. The quantitative estimate of drug-likeness (QED) is 0.761. The van der Waals surface area contributed by atoms with Gasteiger partial charge in [0.15, 0.2) is 0 Å². The molecule has 6 nitrogen and oxygen atoms in total. The molecule has 2 N–H and O–H groups in total. The number of rotatable bonds is 5. The molecular weight excluding hydrogens is 224 g/mol. The van der Waals surface area contributed by atoms with Gasteiger partial charge in [-0.05, 0) is 6.42 Å². The van der Waals surface area contributed by atoms with Gasteiger partial charge in [-0.1, -0.05) is 13.8 Å². The molecule has 0 amide bonds. The highest BCUT2D eigenvalue weighted by Crippen LogP contribution is 1.97. The Morgan fingerprint density at radius 2 is 2.12 bits per heavy atom. The zero-order chi connectivity index (χ0) is 13.3. The van der Waals surface area contributed by atoms with Crippen LogP contribution >= 0.6 is 0 Å². The van der Waals surface area contributed by atoms with Gasteiger partial charge in [0, 0.05) is 25.9 Å². The van der Waals surface area contributed by atoms with Crippen molar-refractivity contribution >= 4 is 0 Å². The van der Waals surface area contributed by atoms with Crippen molar-refractivity contribution in [3.05, 3.63) is 33.1 Å². The van der Waals surface area contributed by atoms with Gasteiger partial charge in [0.05, 0.1) is 12.7 Å². The van der Waals surface area contributed by atoms with Gasteiger partial charge in [0.25, 0.3) is 5.56 Å². The normalized spacial score (nSPS) is 11.5. The van der Waals surface area contributed by atoms with E-state index in [0.29, 0.717) is 13.0 Å². The van der Waals surface area contributed by atoms with Crippen molar-refractivity contribution in [1.29, 1.82) is 0 Å². The number of nitrogens with zero attached hydrogens (tertiary/aromatic N) is 1. The van der Waals surface area contributed by atoms with Crippen LogP contribution in [0.15, 0.2) is 21.9 Å². The Morgan fingerprint density at radius 1 is 1.47 bits per heavy atom. The number of methoxy groups -OCH3 is 1.